The summed E-state index contributed by atoms with van der Waals surface area (Å²) in [5.41, 5.74) is 0.431. The molecule has 1 aromatic rings. The summed E-state index contributed by atoms with van der Waals surface area (Å²) in [6.45, 7) is 0. The number of carboxylic acids is 1. The van der Waals surface area contributed by atoms with Gasteiger partial charge in [-0.2, -0.15) is 0 Å². The zero-order chi connectivity index (χ0) is 11.9. The van der Waals surface area contributed by atoms with Crippen LogP contribution in [0.4, 0.5) is 10.1 Å². The molecule has 0 saturated heterocycles. The fourth-order valence-electron chi connectivity index (χ4n) is 1.93. The second-order valence-corrected chi connectivity index (χ2v) is 3.73. The Morgan fingerprint density at radius 2 is 2.25 bits per heavy atom. The molecule has 0 radical (unpaired) electrons. The molecule has 1 aliphatic rings. The fraction of sp³-hybridized carbons (Fsp3) is 0.273. The van der Waals surface area contributed by atoms with Crippen LogP contribution in [0.3, 0.4) is 0 Å². The largest absolute Gasteiger partial charge is 0.481 e. The van der Waals surface area contributed by atoms with Gasteiger partial charge in [-0.3, -0.25) is 9.59 Å². The Morgan fingerprint density at radius 3 is 2.88 bits per heavy atom. The number of carbonyl (C=O) groups excluding carboxylic acids is 1. The Bertz CT molecular complexity index is 472. The monoisotopic (exact) mass is 223 g/mol. The standard InChI is InChI=1S/C11H10FNO3/c1-13-9(14)5-7(11(15)16)6-3-2-4-8(12)10(6)13/h2-4,7H,5H2,1H3,(H,15,16)/t7-/m1/s1. The van der Waals surface area contributed by atoms with Crippen LogP contribution >= 0.6 is 0 Å². The van der Waals surface area contributed by atoms with E-state index in [0.717, 1.165) is 0 Å². The molecule has 84 valence electrons. The first-order valence-electron chi connectivity index (χ1n) is 4.80. The summed E-state index contributed by atoms with van der Waals surface area (Å²) >= 11 is 0. The van der Waals surface area contributed by atoms with E-state index >= 15 is 0 Å². The van der Waals surface area contributed by atoms with Crippen molar-refractivity contribution in [1.82, 2.24) is 0 Å². The van der Waals surface area contributed by atoms with E-state index in [1.54, 1.807) is 6.07 Å². The van der Waals surface area contributed by atoms with Crippen LogP contribution < -0.4 is 4.90 Å². The van der Waals surface area contributed by atoms with Crippen LogP contribution in [0.15, 0.2) is 18.2 Å². The molecule has 0 aromatic heterocycles. The van der Waals surface area contributed by atoms with E-state index in [9.17, 15) is 14.0 Å². The SMILES string of the molecule is CN1C(=O)C[C@@H](C(=O)O)c2cccc(F)c21. The molecule has 1 amide bonds. The minimum absolute atomic E-state index is 0.0751. The van der Waals surface area contributed by atoms with E-state index < -0.39 is 17.7 Å². The predicted octanol–water partition coefficient (Wildman–Crippen LogP) is 1.36. The number of anilines is 1. The quantitative estimate of drug-likeness (QED) is 0.782. The lowest BCUT2D eigenvalue weighted by atomic mass is 9.89. The highest BCUT2D eigenvalue weighted by molar-refractivity contribution is 6.01. The average molecular weight is 223 g/mol. The molecule has 2 rings (SSSR count). The lowest BCUT2D eigenvalue weighted by molar-refractivity contribution is -0.140. The van der Waals surface area contributed by atoms with Gasteiger partial charge in [0, 0.05) is 13.5 Å². The molecule has 4 nitrogen and oxygen atoms in total. The van der Waals surface area contributed by atoms with Gasteiger partial charge in [0.15, 0.2) is 0 Å². The Labute approximate surface area is 91.3 Å². The number of hydrogen-bond acceptors (Lipinski definition) is 2. The molecule has 1 aromatic carbocycles. The molecule has 1 aliphatic heterocycles. The van der Waals surface area contributed by atoms with Crippen LogP contribution in [0.2, 0.25) is 0 Å². The van der Waals surface area contributed by atoms with Gasteiger partial charge in [0.25, 0.3) is 0 Å². The number of nitrogens with zero attached hydrogens (tertiary/aromatic N) is 1. The first-order valence-corrected chi connectivity index (χ1v) is 4.80. The topological polar surface area (TPSA) is 57.6 Å². The Hall–Kier alpha value is -1.91. The minimum atomic E-state index is -1.10. The normalized spacial score (nSPS) is 19.5. The van der Waals surface area contributed by atoms with Gasteiger partial charge >= 0.3 is 5.97 Å². The van der Waals surface area contributed by atoms with E-state index in [-0.39, 0.29) is 18.0 Å². The third-order valence-electron chi connectivity index (χ3n) is 2.78. The van der Waals surface area contributed by atoms with Gasteiger partial charge < -0.3 is 10.0 Å². The van der Waals surface area contributed by atoms with Gasteiger partial charge in [-0.05, 0) is 11.6 Å². The lowest BCUT2D eigenvalue weighted by Gasteiger charge is -2.29. The smallest absolute Gasteiger partial charge is 0.311 e. The van der Waals surface area contributed by atoms with E-state index in [0.29, 0.717) is 5.56 Å². The summed E-state index contributed by atoms with van der Waals surface area (Å²) in [6, 6.07) is 4.21. The molecule has 0 aliphatic carbocycles. The average Bonchev–Trinajstić information content (AvgIpc) is 2.22. The molecule has 16 heavy (non-hydrogen) atoms. The van der Waals surface area contributed by atoms with Crippen LogP contribution in [0.25, 0.3) is 0 Å². The highest BCUT2D eigenvalue weighted by atomic mass is 19.1. The van der Waals surface area contributed by atoms with Crippen LogP contribution in [0.5, 0.6) is 0 Å². The second kappa shape index (κ2) is 3.59. The molecule has 1 atom stereocenters. The molecule has 0 unspecified atom stereocenters. The second-order valence-electron chi connectivity index (χ2n) is 3.73. The first-order chi connectivity index (χ1) is 7.52. The molecule has 0 spiro atoms. The van der Waals surface area contributed by atoms with Crippen LogP contribution in [-0.4, -0.2) is 24.0 Å². The Balaban J connectivity index is 2.62. The van der Waals surface area contributed by atoms with Crippen molar-refractivity contribution in [2.24, 2.45) is 0 Å². The molecule has 0 bridgehead atoms. The van der Waals surface area contributed by atoms with Crippen molar-refractivity contribution in [3.63, 3.8) is 0 Å². The maximum Gasteiger partial charge on any atom is 0.311 e. The number of rotatable bonds is 1. The third-order valence-corrected chi connectivity index (χ3v) is 2.78. The van der Waals surface area contributed by atoms with Crippen molar-refractivity contribution >= 4 is 17.6 Å². The van der Waals surface area contributed by atoms with Gasteiger partial charge in [0.2, 0.25) is 5.91 Å². The highest BCUT2D eigenvalue weighted by Gasteiger charge is 2.35. The molecule has 5 heteroatoms. The van der Waals surface area contributed by atoms with Crippen molar-refractivity contribution in [3.8, 4) is 0 Å². The van der Waals surface area contributed by atoms with Crippen LogP contribution in [0.1, 0.15) is 17.9 Å². The summed E-state index contributed by atoms with van der Waals surface area (Å²) in [6.07, 6.45) is -0.123. The van der Waals surface area contributed by atoms with Crippen LogP contribution in [-0.2, 0) is 9.59 Å². The molecule has 1 heterocycles. The fourth-order valence-corrected chi connectivity index (χ4v) is 1.93. The number of hydrogen-bond donors (Lipinski definition) is 1. The van der Waals surface area contributed by atoms with Gasteiger partial charge in [0.1, 0.15) is 5.82 Å². The van der Waals surface area contributed by atoms with Gasteiger partial charge in [0.05, 0.1) is 11.6 Å². The summed E-state index contributed by atoms with van der Waals surface area (Å²) in [5, 5.41) is 8.99. The van der Waals surface area contributed by atoms with Gasteiger partial charge in [-0.15, -0.1) is 0 Å². The number of carbonyl (C=O) groups is 2. The van der Waals surface area contributed by atoms with Gasteiger partial charge in [-0.1, -0.05) is 12.1 Å². The summed E-state index contributed by atoms with van der Waals surface area (Å²) in [5.74, 6) is -3.01. The van der Waals surface area contributed by atoms with Crippen molar-refractivity contribution in [3.05, 3.63) is 29.6 Å². The van der Waals surface area contributed by atoms with E-state index in [2.05, 4.69) is 0 Å². The highest BCUT2D eigenvalue weighted by Crippen LogP contribution is 2.36. The number of benzene rings is 1. The summed E-state index contributed by atoms with van der Waals surface area (Å²) in [4.78, 5) is 23.7. The first kappa shape index (κ1) is 10.6. The Morgan fingerprint density at radius 1 is 1.56 bits per heavy atom. The van der Waals surface area contributed by atoms with Crippen molar-refractivity contribution in [1.29, 1.82) is 0 Å². The van der Waals surface area contributed by atoms with Crippen molar-refractivity contribution in [2.75, 3.05) is 11.9 Å². The number of fused-ring (bicyclic) bond motifs is 1. The number of halogens is 1. The third kappa shape index (κ3) is 1.44. The van der Waals surface area contributed by atoms with E-state index in [4.69, 9.17) is 5.11 Å². The van der Waals surface area contributed by atoms with Crippen LogP contribution in [0, 0.1) is 5.82 Å². The minimum Gasteiger partial charge on any atom is -0.481 e. The summed E-state index contributed by atoms with van der Waals surface area (Å²) in [7, 11) is 1.45. The van der Waals surface area contributed by atoms with Crippen molar-refractivity contribution in [2.45, 2.75) is 12.3 Å². The molecule has 1 N–H and O–H groups in total. The zero-order valence-corrected chi connectivity index (χ0v) is 8.61. The number of aliphatic carboxylic acids is 1. The maximum atomic E-state index is 13.5. The Kier molecular flexibility index (Phi) is 2.38. The molecule has 0 saturated carbocycles. The molecular weight excluding hydrogens is 213 g/mol. The predicted molar refractivity (Wildman–Crippen MR) is 54.8 cm³/mol. The van der Waals surface area contributed by atoms with Crippen molar-refractivity contribution < 1.29 is 19.1 Å². The number of carboxylic acid groups (broad SMARTS) is 1. The summed E-state index contributed by atoms with van der Waals surface area (Å²) < 4.78 is 13.5. The van der Waals surface area contributed by atoms with E-state index in [1.807, 2.05) is 0 Å². The van der Waals surface area contributed by atoms with E-state index in [1.165, 1.54) is 24.1 Å². The lowest BCUT2D eigenvalue weighted by Crippen LogP contribution is -2.36. The van der Waals surface area contributed by atoms with Gasteiger partial charge in [-0.25, -0.2) is 4.39 Å². The maximum absolute atomic E-state index is 13.5. The number of amides is 1. The number of para-hydroxylation sites is 1. The molecule has 0 fully saturated rings. The zero-order valence-electron chi connectivity index (χ0n) is 8.61. The molecular formula is C11H10FNO3.